The number of carbonyl (C=O) groups excluding carboxylic acids is 1. The van der Waals surface area contributed by atoms with E-state index >= 15 is 0 Å². The van der Waals surface area contributed by atoms with Crippen LogP contribution in [-0.4, -0.2) is 32.6 Å². The van der Waals surface area contributed by atoms with Crippen molar-refractivity contribution in [3.05, 3.63) is 95.3 Å². The van der Waals surface area contributed by atoms with Gasteiger partial charge in [-0.3, -0.25) is 4.79 Å². The van der Waals surface area contributed by atoms with Gasteiger partial charge in [-0.2, -0.15) is 0 Å². The molecule has 4 rings (SSSR count). The summed E-state index contributed by atoms with van der Waals surface area (Å²) in [6.45, 7) is 9.62. The summed E-state index contributed by atoms with van der Waals surface area (Å²) in [4.78, 5) is 16.0. The van der Waals surface area contributed by atoms with E-state index in [1.54, 1.807) is 0 Å². The van der Waals surface area contributed by atoms with Gasteiger partial charge in [0, 0.05) is 30.5 Å². The monoisotopic (exact) mass is 530 g/mol. The molecule has 1 aromatic heterocycles. The van der Waals surface area contributed by atoms with Crippen molar-refractivity contribution in [1.29, 1.82) is 0 Å². The number of nitrogens with one attached hydrogen (secondary N) is 2. The Bertz CT molecular complexity index is 1130. The molecule has 3 aromatic rings. The number of hydrogen-bond acceptors (Lipinski definition) is 2. The van der Waals surface area contributed by atoms with Gasteiger partial charge in [0.15, 0.2) is 5.11 Å². The normalized spacial score (nSPS) is 18.1. The highest BCUT2D eigenvalue weighted by Crippen LogP contribution is 2.31. The van der Waals surface area contributed by atoms with Gasteiger partial charge in [0.25, 0.3) is 0 Å². The molecule has 1 aliphatic rings. The van der Waals surface area contributed by atoms with Crippen LogP contribution in [0.15, 0.2) is 72.8 Å². The highest BCUT2D eigenvalue weighted by atomic mass is 32.1. The summed E-state index contributed by atoms with van der Waals surface area (Å²) in [5, 5.41) is 7.62. The lowest BCUT2D eigenvalue weighted by atomic mass is 9.89. The lowest BCUT2D eigenvalue weighted by Crippen LogP contribution is -2.55. The van der Waals surface area contributed by atoms with E-state index in [1.807, 2.05) is 41.3 Å². The van der Waals surface area contributed by atoms with E-state index in [1.165, 1.54) is 24.2 Å². The van der Waals surface area contributed by atoms with Crippen LogP contribution in [0.3, 0.4) is 0 Å². The van der Waals surface area contributed by atoms with Gasteiger partial charge in [0.05, 0.1) is 6.04 Å². The van der Waals surface area contributed by atoms with Gasteiger partial charge in [0.1, 0.15) is 6.04 Å². The molecule has 1 saturated carbocycles. The third-order valence-corrected chi connectivity index (χ3v) is 7.90. The van der Waals surface area contributed by atoms with Crippen molar-refractivity contribution in [1.82, 2.24) is 20.1 Å². The van der Waals surface area contributed by atoms with Crippen LogP contribution in [0.25, 0.3) is 0 Å². The fraction of sp³-hybridized carbons (Fsp3) is 0.438. The number of benzene rings is 2. The smallest absolute Gasteiger partial charge is 0.245 e. The summed E-state index contributed by atoms with van der Waals surface area (Å²) in [5.41, 5.74) is 4.80. The van der Waals surface area contributed by atoms with E-state index in [0.29, 0.717) is 24.2 Å². The Balaban J connectivity index is 1.49. The summed E-state index contributed by atoms with van der Waals surface area (Å²) in [6, 6.07) is 25.0. The molecule has 0 aliphatic heterocycles. The number of thiocarbonyl (C=S) groups is 1. The summed E-state index contributed by atoms with van der Waals surface area (Å²) >= 11 is 5.84. The molecule has 0 saturated heterocycles. The van der Waals surface area contributed by atoms with Crippen LogP contribution in [0.4, 0.5) is 0 Å². The number of nitrogens with zero attached hydrogens (tertiary/aromatic N) is 2. The van der Waals surface area contributed by atoms with Gasteiger partial charge in [0.2, 0.25) is 5.91 Å². The summed E-state index contributed by atoms with van der Waals surface area (Å²) in [6.07, 6.45) is 4.61. The molecule has 2 aromatic carbocycles. The Morgan fingerprint density at radius 3 is 1.95 bits per heavy atom. The molecule has 0 unspecified atom stereocenters. The zero-order chi connectivity index (χ0) is 27.1. The number of hydrogen-bond donors (Lipinski definition) is 2. The number of carbonyl (C=O) groups is 1. The van der Waals surface area contributed by atoms with Crippen molar-refractivity contribution < 1.29 is 4.79 Å². The van der Waals surface area contributed by atoms with Crippen molar-refractivity contribution >= 4 is 23.2 Å². The van der Waals surface area contributed by atoms with Crippen LogP contribution in [0.1, 0.15) is 68.1 Å². The predicted molar refractivity (Wildman–Crippen MR) is 160 cm³/mol. The second kappa shape index (κ2) is 13.1. The first-order valence-corrected chi connectivity index (χ1v) is 14.3. The number of amides is 1. The van der Waals surface area contributed by atoms with Gasteiger partial charge in [-0.25, -0.2) is 0 Å². The first-order valence-electron chi connectivity index (χ1n) is 13.9. The quantitative estimate of drug-likeness (QED) is 0.319. The summed E-state index contributed by atoms with van der Waals surface area (Å²) in [5.74, 6) is 0.140. The molecule has 2 N–H and O–H groups in total. The molecule has 5 nitrogen and oxygen atoms in total. The zero-order valence-corrected chi connectivity index (χ0v) is 24.0. The van der Waals surface area contributed by atoms with Crippen molar-refractivity contribution in [3.63, 3.8) is 0 Å². The third kappa shape index (κ3) is 7.04. The second-order valence-electron chi connectivity index (χ2n) is 10.9. The molecule has 1 aliphatic carbocycles. The van der Waals surface area contributed by atoms with Crippen molar-refractivity contribution in [2.75, 3.05) is 0 Å². The molecule has 1 heterocycles. The minimum atomic E-state index is -0.417. The number of rotatable bonds is 9. The molecule has 38 heavy (non-hydrogen) atoms. The van der Waals surface area contributed by atoms with Crippen LogP contribution in [0.2, 0.25) is 0 Å². The van der Waals surface area contributed by atoms with E-state index in [4.69, 9.17) is 12.2 Å². The summed E-state index contributed by atoms with van der Waals surface area (Å²) in [7, 11) is 0. The predicted octanol–water partition coefficient (Wildman–Crippen LogP) is 6.31. The lowest BCUT2D eigenvalue weighted by Gasteiger charge is -2.37. The highest BCUT2D eigenvalue weighted by molar-refractivity contribution is 7.80. The zero-order valence-electron chi connectivity index (χ0n) is 23.2. The van der Waals surface area contributed by atoms with Crippen LogP contribution in [-0.2, 0) is 17.9 Å². The van der Waals surface area contributed by atoms with Gasteiger partial charge in [-0.15, -0.1) is 0 Å². The van der Waals surface area contributed by atoms with E-state index in [2.05, 4.69) is 79.3 Å². The topological polar surface area (TPSA) is 49.3 Å². The molecule has 3 atom stereocenters. The third-order valence-electron chi connectivity index (χ3n) is 7.67. The maximum absolute atomic E-state index is 14.0. The molecule has 6 heteroatoms. The van der Waals surface area contributed by atoms with Crippen molar-refractivity contribution in [2.45, 2.75) is 84.6 Å². The average molecular weight is 531 g/mol. The van der Waals surface area contributed by atoms with Crippen LogP contribution >= 0.6 is 12.2 Å². The maximum atomic E-state index is 14.0. The lowest BCUT2D eigenvalue weighted by molar-refractivity contribution is -0.135. The van der Waals surface area contributed by atoms with Crippen molar-refractivity contribution in [2.24, 2.45) is 5.92 Å². The largest absolute Gasteiger partial charge is 0.358 e. The Hall–Kier alpha value is -3.12. The van der Waals surface area contributed by atoms with E-state index in [9.17, 15) is 4.79 Å². The summed E-state index contributed by atoms with van der Waals surface area (Å²) < 4.78 is 2.45. The van der Waals surface area contributed by atoms with E-state index in [0.717, 1.165) is 24.0 Å². The molecular formula is C32H42N4OS. The fourth-order valence-corrected chi connectivity index (χ4v) is 5.95. The van der Waals surface area contributed by atoms with Gasteiger partial charge in [-0.1, -0.05) is 87.4 Å². The fourth-order valence-electron chi connectivity index (χ4n) is 5.67. The average Bonchev–Trinajstić information content (AvgIpc) is 3.25. The molecule has 0 spiro atoms. The Labute approximate surface area is 233 Å². The first kappa shape index (κ1) is 27.9. The highest BCUT2D eigenvalue weighted by Gasteiger charge is 2.31. The minimum absolute atomic E-state index is 0.0640. The Morgan fingerprint density at radius 2 is 1.42 bits per heavy atom. The van der Waals surface area contributed by atoms with E-state index in [-0.39, 0.29) is 17.9 Å². The Kier molecular flexibility index (Phi) is 9.62. The van der Waals surface area contributed by atoms with Gasteiger partial charge >= 0.3 is 0 Å². The van der Waals surface area contributed by atoms with Gasteiger partial charge in [-0.05, 0) is 68.1 Å². The van der Waals surface area contributed by atoms with Crippen LogP contribution < -0.4 is 10.6 Å². The SMILES string of the molecule is Cc1ccc(C)n1[C@@H]1CCCC[C@H]1NC(=S)N[C@H](C(=O)N(Cc1ccccc1)Cc1ccccc1)C(C)C. The van der Waals surface area contributed by atoms with Crippen LogP contribution in [0, 0.1) is 19.8 Å². The molecule has 1 amide bonds. The molecule has 0 bridgehead atoms. The van der Waals surface area contributed by atoms with E-state index < -0.39 is 6.04 Å². The second-order valence-corrected chi connectivity index (χ2v) is 11.4. The molecular weight excluding hydrogens is 488 g/mol. The van der Waals surface area contributed by atoms with Crippen LogP contribution in [0.5, 0.6) is 0 Å². The molecule has 202 valence electrons. The first-order chi connectivity index (χ1) is 18.3. The van der Waals surface area contributed by atoms with Gasteiger partial charge < -0.3 is 20.1 Å². The van der Waals surface area contributed by atoms with Crippen molar-refractivity contribution in [3.8, 4) is 0 Å². The molecule has 1 fully saturated rings. The standard InChI is InChI=1S/C32H42N4OS/c1-23(2)30(31(37)35(21-26-13-7-5-8-14-26)22-27-15-9-6-10-16-27)34-32(38)33-28-17-11-12-18-29(28)36-24(3)19-20-25(36)4/h5-10,13-16,19-20,23,28-30H,11-12,17-18,21-22H2,1-4H3,(H2,33,34,38)/t28-,29-,30+/m1/s1. The number of aromatic nitrogens is 1. The maximum Gasteiger partial charge on any atom is 0.245 e. The molecule has 0 radical (unpaired) electrons. The Morgan fingerprint density at radius 1 is 0.895 bits per heavy atom. The number of aryl methyl sites for hydroxylation is 2. The minimum Gasteiger partial charge on any atom is -0.358 e.